The second kappa shape index (κ2) is 9.26. The minimum Gasteiger partial charge on any atom is -0.478 e. The number of amides is 2. The van der Waals surface area contributed by atoms with Crippen LogP contribution in [0.1, 0.15) is 48.4 Å². The van der Waals surface area contributed by atoms with Gasteiger partial charge in [-0.05, 0) is 32.9 Å². The lowest BCUT2D eigenvalue weighted by molar-refractivity contribution is -0.158. The Balaban J connectivity index is 1.84. The van der Waals surface area contributed by atoms with Gasteiger partial charge in [-0.25, -0.2) is 9.59 Å². The molecular weight excluding hydrogens is 452 g/mol. The van der Waals surface area contributed by atoms with Gasteiger partial charge in [0, 0.05) is 18.2 Å². The number of benzene rings is 1. The van der Waals surface area contributed by atoms with Crippen molar-refractivity contribution < 1.29 is 38.6 Å². The molecule has 0 aromatic heterocycles. The van der Waals surface area contributed by atoms with E-state index in [4.69, 9.17) is 9.47 Å². The van der Waals surface area contributed by atoms with Gasteiger partial charge in [0.15, 0.2) is 0 Å². The van der Waals surface area contributed by atoms with E-state index in [2.05, 4.69) is 5.32 Å². The van der Waals surface area contributed by atoms with Crippen molar-refractivity contribution in [3.8, 4) is 0 Å². The summed E-state index contributed by atoms with van der Waals surface area (Å²) in [6.07, 6.45) is 0. The Bertz CT molecular complexity index is 1060. The molecule has 2 aliphatic heterocycles. The summed E-state index contributed by atoms with van der Waals surface area (Å²) in [5.74, 6) is -3.51. The average molecular weight is 477 g/mol. The number of thioether (sulfide) groups is 1. The van der Waals surface area contributed by atoms with E-state index < -0.39 is 46.7 Å². The smallest absolute Gasteiger partial charge is 0.355 e. The zero-order valence-corrected chi connectivity index (χ0v) is 19.4. The summed E-state index contributed by atoms with van der Waals surface area (Å²) >= 11 is 1.29. The van der Waals surface area contributed by atoms with Crippen LogP contribution < -0.4 is 5.32 Å². The Morgan fingerprint density at radius 1 is 1.18 bits per heavy atom. The molecule has 0 spiro atoms. The Morgan fingerprint density at radius 3 is 2.39 bits per heavy atom. The molecule has 10 nitrogen and oxygen atoms in total. The summed E-state index contributed by atoms with van der Waals surface area (Å²) in [5, 5.41) is 11.3. The summed E-state index contributed by atoms with van der Waals surface area (Å²) in [7, 11) is 0. The second-order valence-corrected chi connectivity index (χ2v) is 9.55. The molecule has 0 bridgehead atoms. The average Bonchev–Trinajstić information content (AvgIpc) is 2.73. The van der Waals surface area contributed by atoms with Gasteiger partial charge in [-0.2, -0.15) is 0 Å². The lowest BCUT2D eigenvalue weighted by atomic mass is 10.0. The summed E-state index contributed by atoms with van der Waals surface area (Å²) in [6.45, 7) is 6.13. The molecule has 0 saturated carbocycles. The molecule has 1 saturated heterocycles. The third-order valence-corrected chi connectivity index (χ3v) is 6.12. The van der Waals surface area contributed by atoms with Crippen LogP contribution in [0.15, 0.2) is 35.5 Å². The molecule has 1 aromatic rings. The summed E-state index contributed by atoms with van der Waals surface area (Å²) in [5.41, 5.74) is -0.659. The second-order valence-electron chi connectivity index (χ2n) is 8.45. The molecule has 2 aliphatic rings. The maximum atomic E-state index is 13.0. The van der Waals surface area contributed by atoms with Gasteiger partial charge in [0.2, 0.25) is 0 Å². The highest BCUT2D eigenvalue weighted by atomic mass is 32.2. The molecule has 1 unspecified atom stereocenters. The number of nitrogens with one attached hydrogen (secondary N) is 1. The van der Waals surface area contributed by atoms with Gasteiger partial charge in [0.05, 0.1) is 11.1 Å². The number of aromatic carboxylic acids is 1. The van der Waals surface area contributed by atoms with Crippen LogP contribution >= 0.6 is 11.8 Å². The highest BCUT2D eigenvalue weighted by Crippen LogP contribution is 2.41. The zero-order valence-electron chi connectivity index (χ0n) is 18.5. The number of carbonyl (C=O) groups excluding carboxylic acids is 4. The Labute approximate surface area is 194 Å². The number of rotatable bonds is 6. The van der Waals surface area contributed by atoms with Crippen LogP contribution in [0.2, 0.25) is 0 Å². The topological polar surface area (TPSA) is 139 Å². The fraction of sp³-hybridized carbons (Fsp3) is 0.409. The number of carboxylic acids is 1. The van der Waals surface area contributed by atoms with Crippen molar-refractivity contribution in [1.29, 1.82) is 0 Å². The fourth-order valence-electron chi connectivity index (χ4n) is 3.38. The van der Waals surface area contributed by atoms with Crippen LogP contribution in [0.5, 0.6) is 0 Å². The van der Waals surface area contributed by atoms with Gasteiger partial charge >= 0.3 is 17.9 Å². The number of ether oxygens (including phenoxy) is 2. The summed E-state index contributed by atoms with van der Waals surface area (Å²) < 4.78 is 10.5. The fourth-order valence-corrected chi connectivity index (χ4v) is 4.71. The van der Waals surface area contributed by atoms with E-state index in [1.165, 1.54) is 47.9 Å². The lowest BCUT2D eigenvalue weighted by Gasteiger charge is -2.49. The Morgan fingerprint density at radius 2 is 1.82 bits per heavy atom. The zero-order chi connectivity index (χ0) is 24.5. The van der Waals surface area contributed by atoms with Crippen LogP contribution in [0.4, 0.5) is 0 Å². The maximum Gasteiger partial charge on any atom is 0.355 e. The van der Waals surface area contributed by atoms with Crippen LogP contribution in [0.25, 0.3) is 0 Å². The van der Waals surface area contributed by atoms with Crippen molar-refractivity contribution in [1.82, 2.24) is 10.2 Å². The quantitative estimate of drug-likeness (QED) is 0.462. The number of carboxylic acid groups (broad SMARTS) is 1. The van der Waals surface area contributed by atoms with E-state index in [0.29, 0.717) is 5.57 Å². The maximum absolute atomic E-state index is 13.0. The normalized spacial score (nSPS) is 19.9. The van der Waals surface area contributed by atoms with E-state index in [-0.39, 0.29) is 29.2 Å². The summed E-state index contributed by atoms with van der Waals surface area (Å²) in [6, 6.07) is 4.71. The number of fused-ring (bicyclic) bond motifs is 1. The first-order chi connectivity index (χ1) is 15.4. The van der Waals surface area contributed by atoms with Crippen LogP contribution in [0.3, 0.4) is 0 Å². The molecule has 1 aromatic carbocycles. The molecule has 2 N–H and O–H groups in total. The van der Waals surface area contributed by atoms with E-state index in [1.807, 2.05) is 0 Å². The molecule has 2 amide bonds. The van der Waals surface area contributed by atoms with Crippen LogP contribution in [-0.2, 0) is 23.9 Å². The van der Waals surface area contributed by atoms with E-state index in [1.54, 1.807) is 20.8 Å². The molecule has 0 radical (unpaired) electrons. The number of nitrogens with zero attached hydrogens (tertiary/aromatic N) is 1. The Kier molecular flexibility index (Phi) is 6.82. The van der Waals surface area contributed by atoms with Gasteiger partial charge < -0.3 is 19.9 Å². The number of carbonyl (C=O) groups is 5. The third-order valence-electron chi connectivity index (χ3n) is 4.78. The van der Waals surface area contributed by atoms with E-state index >= 15 is 0 Å². The molecule has 2 heterocycles. The standard InChI is InChI=1S/C22H24N2O8S/c1-11(25)31-9-12-10-33-19-15(18(27)24(19)16(12)21(30)32-22(2,3)4)23-17(26)13-7-5-6-8-14(13)20(28)29/h5-8,15,19H,9-10H2,1-4H3,(H,23,26)(H,28,29)/t15?,19-/m0/s1. The van der Waals surface area contributed by atoms with Crippen molar-refractivity contribution in [3.05, 3.63) is 46.7 Å². The Hall–Kier alpha value is -3.34. The molecule has 2 atom stereocenters. The first-order valence-electron chi connectivity index (χ1n) is 10.1. The van der Waals surface area contributed by atoms with Crippen molar-refractivity contribution in [3.63, 3.8) is 0 Å². The highest BCUT2D eigenvalue weighted by molar-refractivity contribution is 8.00. The van der Waals surface area contributed by atoms with Gasteiger partial charge in [0.25, 0.3) is 11.8 Å². The molecule has 33 heavy (non-hydrogen) atoms. The van der Waals surface area contributed by atoms with Crippen molar-refractivity contribution in [2.45, 2.75) is 44.7 Å². The van der Waals surface area contributed by atoms with E-state index in [0.717, 1.165) is 0 Å². The molecule has 176 valence electrons. The predicted octanol–water partition coefficient (Wildman–Crippen LogP) is 1.56. The number of esters is 2. The minimum absolute atomic E-state index is 0.00337. The van der Waals surface area contributed by atoms with Gasteiger partial charge in [-0.3, -0.25) is 19.3 Å². The number of β-lactam (4-membered cyclic amide) rings is 1. The molecular formula is C22H24N2O8S. The van der Waals surface area contributed by atoms with Crippen LogP contribution in [-0.4, -0.2) is 69.1 Å². The van der Waals surface area contributed by atoms with Gasteiger partial charge in [-0.15, -0.1) is 11.8 Å². The highest BCUT2D eigenvalue weighted by Gasteiger charge is 2.55. The molecule has 3 rings (SSSR count). The lowest BCUT2D eigenvalue weighted by Crippen LogP contribution is -2.70. The predicted molar refractivity (Wildman–Crippen MR) is 117 cm³/mol. The van der Waals surface area contributed by atoms with E-state index in [9.17, 15) is 29.1 Å². The van der Waals surface area contributed by atoms with Gasteiger partial charge in [0.1, 0.15) is 29.3 Å². The molecule has 0 aliphatic carbocycles. The number of hydrogen-bond donors (Lipinski definition) is 2. The van der Waals surface area contributed by atoms with Crippen LogP contribution in [0, 0.1) is 0 Å². The third kappa shape index (κ3) is 5.19. The van der Waals surface area contributed by atoms with Crippen molar-refractivity contribution in [2.75, 3.05) is 12.4 Å². The molecule has 1 fully saturated rings. The monoisotopic (exact) mass is 476 g/mol. The largest absolute Gasteiger partial charge is 0.478 e. The first-order valence-corrected chi connectivity index (χ1v) is 11.1. The van der Waals surface area contributed by atoms with Gasteiger partial charge in [-0.1, -0.05) is 12.1 Å². The van der Waals surface area contributed by atoms with Crippen molar-refractivity contribution >= 4 is 41.5 Å². The SMILES string of the molecule is CC(=O)OCC1=C(C(=O)OC(C)(C)C)N2C(=O)C(NC(=O)c3ccccc3C(=O)O)[C@@H]2SC1. The molecule has 11 heteroatoms. The minimum atomic E-state index is -1.26. The summed E-state index contributed by atoms with van der Waals surface area (Å²) in [4.78, 5) is 62.5. The number of hydrogen-bond acceptors (Lipinski definition) is 8. The first kappa shape index (κ1) is 24.3. The van der Waals surface area contributed by atoms with Crippen molar-refractivity contribution in [2.24, 2.45) is 0 Å².